The third-order valence-electron chi connectivity index (χ3n) is 0. The molecule has 0 aliphatic heterocycles. The van der Waals surface area contributed by atoms with Gasteiger partial charge in [-0.1, -0.05) is 48.0 Å². The zero-order chi connectivity index (χ0) is 7.21. The van der Waals surface area contributed by atoms with E-state index < -0.39 is 0 Å². The zero-order valence-electron chi connectivity index (χ0n) is 7.21. The van der Waals surface area contributed by atoms with E-state index in [2.05, 4.69) is 41.5 Å². The average molecular weight is 116 g/mol. The molecule has 0 spiro atoms. The molecule has 0 aromatic rings. The molecule has 0 nitrogen and oxygen atoms in total. The standard InChI is InChI=1S/C5H12.C3H8/c1-5(2,3)4;1-3-2/h1-4H3;3H2,1-2H3. The van der Waals surface area contributed by atoms with Crippen molar-refractivity contribution in [1.82, 2.24) is 0 Å². The molecule has 0 heterocycles. The lowest BCUT2D eigenvalue weighted by Crippen LogP contribution is -1.93. The quantitative estimate of drug-likeness (QED) is 0.454. The van der Waals surface area contributed by atoms with Gasteiger partial charge in [-0.15, -0.1) is 0 Å². The summed E-state index contributed by atoms with van der Waals surface area (Å²) in [5.74, 6) is 0. The van der Waals surface area contributed by atoms with Gasteiger partial charge in [0.05, 0.1) is 0 Å². The van der Waals surface area contributed by atoms with Crippen LogP contribution in [0.25, 0.3) is 0 Å². The Kier molecular flexibility index (Phi) is 7.00. The molecular weight excluding hydrogens is 96.1 g/mol. The lowest BCUT2D eigenvalue weighted by Gasteiger charge is -2.05. The van der Waals surface area contributed by atoms with Crippen LogP contribution in [0.1, 0.15) is 48.0 Å². The number of hydrogen-bond donors (Lipinski definition) is 0. The predicted molar refractivity (Wildman–Crippen MR) is 41.1 cm³/mol. The Hall–Kier alpha value is 0. The van der Waals surface area contributed by atoms with Gasteiger partial charge in [0.1, 0.15) is 0 Å². The summed E-state index contributed by atoms with van der Waals surface area (Å²) in [7, 11) is 0. The largest absolute Gasteiger partial charge is 0.0656 e. The molecule has 8 heavy (non-hydrogen) atoms. The van der Waals surface area contributed by atoms with Crippen LogP contribution >= 0.6 is 0 Å². The second-order valence-corrected chi connectivity index (χ2v) is 3.71. The Morgan fingerprint density at radius 3 is 0.875 bits per heavy atom. The van der Waals surface area contributed by atoms with E-state index in [0.717, 1.165) is 0 Å². The van der Waals surface area contributed by atoms with Crippen molar-refractivity contribution in [3.05, 3.63) is 0 Å². The monoisotopic (exact) mass is 116 g/mol. The van der Waals surface area contributed by atoms with Gasteiger partial charge in [-0.05, 0) is 5.41 Å². The third kappa shape index (κ3) is 0. The van der Waals surface area contributed by atoms with Crippen molar-refractivity contribution in [2.24, 2.45) is 5.41 Å². The normalized spacial score (nSPS) is 9.75. The van der Waals surface area contributed by atoms with E-state index >= 15 is 0 Å². The molecule has 0 bridgehead atoms. The molecule has 0 heteroatoms. The highest BCUT2D eigenvalue weighted by molar-refractivity contribution is 4.47. The van der Waals surface area contributed by atoms with Crippen molar-refractivity contribution in [1.29, 1.82) is 0 Å². The van der Waals surface area contributed by atoms with Crippen molar-refractivity contribution in [3.63, 3.8) is 0 Å². The second kappa shape index (κ2) is 5.14. The first-order valence-electron chi connectivity index (χ1n) is 3.41. The van der Waals surface area contributed by atoms with Crippen molar-refractivity contribution >= 4 is 0 Å². The van der Waals surface area contributed by atoms with Gasteiger partial charge in [0, 0.05) is 0 Å². The minimum absolute atomic E-state index is 0.500. The molecule has 0 N–H and O–H groups in total. The van der Waals surface area contributed by atoms with Crippen LogP contribution in [0, 0.1) is 5.41 Å². The van der Waals surface area contributed by atoms with Gasteiger partial charge in [-0.2, -0.15) is 0 Å². The van der Waals surface area contributed by atoms with Crippen molar-refractivity contribution in [2.45, 2.75) is 48.0 Å². The fraction of sp³-hybridized carbons (Fsp3) is 1.00. The molecule has 0 aliphatic carbocycles. The maximum absolute atomic E-state index is 2.19. The zero-order valence-corrected chi connectivity index (χ0v) is 7.21. The van der Waals surface area contributed by atoms with Crippen LogP contribution in [-0.2, 0) is 0 Å². The smallest absolute Gasteiger partial charge is 0.0411 e. The van der Waals surface area contributed by atoms with Crippen LogP contribution in [0.5, 0.6) is 0 Å². The van der Waals surface area contributed by atoms with E-state index in [1.165, 1.54) is 6.42 Å². The minimum atomic E-state index is 0.500. The van der Waals surface area contributed by atoms with Gasteiger partial charge in [-0.3, -0.25) is 0 Å². The maximum Gasteiger partial charge on any atom is -0.0411 e. The Labute approximate surface area is 54.3 Å². The molecular formula is C8H20. The summed E-state index contributed by atoms with van der Waals surface area (Å²) in [6, 6.07) is 0. The van der Waals surface area contributed by atoms with Crippen molar-refractivity contribution in [2.75, 3.05) is 0 Å². The predicted octanol–water partition coefficient (Wildman–Crippen LogP) is 3.47. The maximum atomic E-state index is 2.19. The summed E-state index contributed by atoms with van der Waals surface area (Å²) in [6.45, 7) is 13.0. The molecule has 0 rings (SSSR count). The summed E-state index contributed by atoms with van der Waals surface area (Å²) in [5, 5.41) is 0. The van der Waals surface area contributed by atoms with E-state index in [1.54, 1.807) is 0 Å². The van der Waals surface area contributed by atoms with Gasteiger partial charge in [0.25, 0.3) is 0 Å². The molecule has 0 unspecified atom stereocenters. The van der Waals surface area contributed by atoms with E-state index in [0.29, 0.717) is 5.41 Å². The molecule has 0 radical (unpaired) electrons. The first-order chi connectivity index (χ1) is 3.41. The Balaban J connectivity index is 0. The number of rotatable bonds is 0. The molecule has 0 atom stereocenters. The molecule has 0 saturated heterocycles. The highest BCUT2D eigenvalue weighted by atomic mass is 14.0. The molecule has 0 aromatic heterocycles. The molecule has 0 aliphatic rings. The van der Waals surface area contributed by atoms with Crippen LogP contribution < -0.4 is 0 Å². The lowest BCUT2D eigenvalue weighted by atomic mass is 10.0. The SMILES string of the molecule is CC(C)(C)C.CCC. The van der Waals surface area contributed by atoms with Crippen molar-refractivity contribution in [3.8, 4) is 0 Å². The van der Waals surface area contributed by atoms with Crippen LogP contribution in [0.3, 0.4) is 0 Å². The van der Waals surface area contributed by atoms with E-state index in [9.17, 15) is 0 Å². The van der Waals surface area contributed by atoms with E-state index in [4.69, 9.17) is 0 Å². The first-order valence-corrected chi connectivity index (χ1v) is 3.41. The number of hydrogen-bond acceptors (Lipinski definition) is 0. The highest BCUT2D eigenvalue weighted by Gasteiger charge is 1.95. The van der Waals surface area contributed by atoms with Gasteiger partial charge in [0.15, 0.2) is 0 Å². The fourth-order valence-electron chi connectivity index (χ4n) is 0. The van der Waals surface area contributed by atoms with Gasteiger partial charge in [-0.25, -0.2) is 0 Å². The Morgan fingerprint density at radius 2 is 0.875 bits per heavy atom. The van der Waals surface area contributed by atoms with Crippen molar-refractivity contribution < 1.29 is 0 Å². The summed E-state index contributed by atoms with van der Waals surface area (Å²) in [5.41, 5.74) is 0.500. The Bertz CT molecular complexity index is 23.8. The van der Waals surface area contributed by atoms with E-state index in [1.807, 2.05) is 0 Å². The first kappa shape index (κ1) is 10.9. The topological polar surface area (TPSA) is 0 Å². The molecule has 52 valence electrons. The molecule has 0 aromatic carbocycles. The van der Waals surface area contributed by atoms with Crippen LogP contribution in [0.2, 0.25) is 0 Å². The summed E-state index contributed by atoms with van der Waals surface area (Å²) >= 11 is 0. The van der Waals surface area contributed by atoms with Gasteiger partial charge < -0.3 is 0 Å². The highest BCUT2D eigenvalue weighted by Crippen LogP contribution is 2.07. The Morgan fingerprint density at radius 1 is 0.875 bits per heavy atom. The second-order valence-electron chi connectivity index (χ2n) is 3.71. The van der Waals surface area contributed by atoms with Crippen LogP contribution in [0.15, 0.2) is 0 Å². The van der Waals surface area contributed by atoms with Gasteiger partial charge >= 0.3 is 0 Å². The lowest BCUT2D eigenvalue weighted by molar-refractivity contribution is 0.469. The minimum Gasteiger partial charge on any atom is -0.0656 e. The average Bonchev–Trinajstić information content (AvgIpc) is 1.27. The van der Waals surface area contributed by atoms with Gasteiger partial charge in [0.2, 0.25) is 0 Å². The summed E-state index contributed by atoms with van der Waals surface area (Å²) in [4.78, 5) is 0. The van der Waals surface area contributed by atoms with Crippen LogP contribution in [-0.4, -0.2) is 0 Å². The summed E-state index contributed by atoms with van der Waals surface area (Å²) < 4.78 is 0. The third-order valence-corrected chi connectivity index (χ3v) is 0. The molecule has 0 fully saturated rings. The van der Waals surface area contributed by atoms with Crippen LogP contribution in [0.4, 0.5) is 0 Å². The molecule has 0 amide bonds. The molecule has 0 saturated carbocycles. The van der Waals surface area contributed by atoms with E-state index in [-0.39, 0.29) is 0 Å². The fourth-order valence-corrected chi connectivity index (χ4v) is 0. The summed E-state index contributed by atoms with van der Waals surface area (Å²) in [6.07, 6.45) is 1.25.